The molecule has 0 aliphatic heterocycles. The van der Waals surface area contributed by atoms with Gasteiger partial charge < -0.3 is 8.94 Å². The van der Waals surface area contributed by atoms with Crippen LogP contribution in [0.4, 0.5) is 13.2 Å². The molecule has 0 radical (unpaired) electrons. The van der Waals surface area contributed by atoms with Gasteiger partial charge in [0.2, 0.25) is 5.89 Å². The van der Waals surface area contributed by atoms with Crippen molar-refractivity contribution in [3.8, 4) is 0 Å². The van der Waals surface area contributed by atoms with Crippen LogP contribution in [0.1, 0.15) is 48.5 Å². The van der Waals surface area contributed by atoms with Crippen molar-refractivity contribution in [2.45, 2.75) is 44.7 Å². The Hall–Kier alpha value is -1.86. The van der Waals surface area contributed by atoms with Gasteiger partial charge in [0.15, 0.2) is 11.7 Å². The zero-order valence-electron chi connectivity index (χ0n) is 11.4. The quantitative estimate of drug-likeness (QED) is 0.869. The molecule has 2 heterocycles. The fourth-order valence-corrected chi connectivity index (χ4v) is 2.65. The zero-order valence-corrected chi connectivity index (χ0v) is 11.4. The fourth-order valence-electron chi connectivity index (χ4n) is 2.65. The smallest absolute Gasteiger partial charge is 0.391 e. The van der Waals surface area contributed by atoms with E-state index in [2.05, 4.69) is 15.1 Å². The Balaban J connectivity index is 1.66. The van der Waals surface area contributed by atoms with E-state index in [1.54, 1.807) is 13.1 Å². The van der Waals surface area contributed by atoms with Crippen LogP contribution in [-0.2, 0) is 6.42 Å². The van der Waals surface area contributed by atoms with Crippen molar-refractivity contribution in [1.82, 2.24) is 15.1 Å². The second-order valence-electron chi connectivity index (χ2n) is 5.32. The van der Waals surface area contributed by atoms with Gasteiger partial charge in [-0.15, -0.1) is 0 Å². The van der Waals surface area contributed by atoms with Crippen LogP contribution < -0.4 is 0 Å². The van der Waals surface area contributed by atoms with Crippen molar-refractivity contribution >= 4 is 0 Å². The molecule has 2 aromatic rings. The molecule has 0 saturated heterocycles. The van der Waals surface area contributed by atoms with Crippen LogP contribution >= 0.6 is 0 Å². The molecule has 2 aromatic heterocycles. The van der Waals surface area contributed by atoms with Crippen LogP contribution in [0.2, 0.25) is 0 Å². The third kappa shape index (κ3) is 3.08. The Morgan fingerprint density at radius 3 is 2.76 bits per heavy atom. The Kier molecular flexibility index (Phi) is 3.46. The van der Waals surface area contributed by atoms with Gasteiger partial charge in [0, 0.05) is 12.8 Å². The molecule has 1 aliphatic rings. The maximum absolute atomic E-state index is 12.7. The average Bonchev–Trinajstić information content (AvgIpc) is 3.08. The number of nitrogens with zero attached hydrogens (tertiary/aromatic N) is 3. The number of aromatic nitrogens is 3. The predicted octanol–water partition coefficient (Wildman–Crippen LogP) is 3.40. The van der Waals surface area contributed by atoms with Gasteiger partial charge in [-0.05, 0) is 19.3 Å². The van der Waals surface area contributed by atoms with Gasteiger partial charge in [-0.3, -0.25) is 0 Å². The number of alkyl halides is 3. The molecule has 1 fully saturated rings. The van der Waals surface area contributed by atoms with E-state index in [4.69, 9.17) is 8.94 Å². The lowest BCUT2D eigenvalue weighted by molar-refractivity contribution is -0.172. The number of halogens is 3. The molecular weight excluding hydrogens is 287 g/mol. The van der Waals surface area contributed by atoms with Gasteiger partial charge in [-0.25, -0.2) is 4.98 Å². The summed E-state index contributed by atoms with van der Waals surface area (Å²) in [5, 5.41) is 3.80. The van der Waals surface area contributed by atoms with Gasteiger partial charge >= 0.3 is 6.18 Å². The maximum Gasteiger partial charge on any atom is 0.391 e. The number of hydrogen-bond acceptors (Lipinski definition) is 5. The molecule has 1 aliphatic carbocycles. The summed E-state index contributed by atoms with van der Waals surface area (Å²) in [5.41, 5.74) is 0. The van der Waals surface area contributed by atoms with Crippen molar-refractivity contribution in [1.29, 1.82) is 0 Å². The number of rotatable bonds is 3. The highest BCUT2D eigenvalue weighted by atomic mass is 19.4. The molecular formula is C13H14F3N3O2. The Bertz CT molecular complexity index is 620. The lowest BCUT2D eigenvalue weighted by Crippen LogP contribution is -2.19. The van der Waals surface area contributed by atoms with Crippen molar-refractivity contribution in [3.63, 3.8) is 0 Å². The molecule has 0 amide bonds. The normalized spacial score (nSPS) is 22.9. The van der Waals surface area contributed by atoms with Crippen molar-refractivity contribution < 1.29 is 22.1 Å². The van der Waals surface area contributed by atoms with Gasteiger partial charge in [0.1, 0.15) is 5.76 Å². The molecule has 2 unspecified atom stereocenters. The summed E-state index contributed by atoms with van der Waals surface area (Å²) in [5.74, 6) is 0.241. The summed E-state index contributed by atoms with van der Waals surface area (Å²) >= 11 is 0. The lowest BCUT2D eigenvalue weighted by Gasteiger charge is -2.13. The van der Waals surface area contributed by atoms with Crippen LogP contribution in [-0.4, -0.2) is 21.3 Å². The average molecular weight is 301 g/mol. The molecule has 114 valence electrons. The van der Waals surface area contributed by atoms with Crippen molar-refractivity contribution in [2.24, 2.45) is 5.92 Å². The Morgan fingerprint density at radius 1 is 1.33 bits per heavy atom. The van der Waals surface area contributed by atoms with Crippen LogP contribution in [0, 0.1) is 12.8 Å². The summed E-state index contributed by atoms with van der Waals surface area (Å²) in [6, 6.07) is 0. The second kappa shape index (κ2) is 5.16. The molecule has 1 saturated carbocycles. The third-order valence-electron chi connectivity index (χ3n) is 3.73. The summed E-state index contributed by atoms with van der Waals surface area (Å²) in [4.78, 5) is 8.14. The molecule has 21 heavy (non-hydrogen) atoms. The molecule has 8 heteroatoms. The Labute approximate surface area is 118 Å². The van der Waals surface area contributed by atoms with E-state index in [1.807, 2.05) is 0 Å². The number of aryl methyl sites for hydroxylation is 1. The zero-order chi connectivity index (χ0) is 15.0. The largest absolute Gasteiger partial charge is 0.446 e. The maximum atomic E-state index is 12.7. The Morgan fingerprint density at radius 2 is 2.14 bits per heavy atom. The lowest BCUT2D eigenvalue weighted by atomic mass is 10.0. The minimum atomic E-state index is -4.14. The highest BCUT2D eigenvalue weighted by Gasteiger charge is 2.45. The molecule has 2 atom stereocenters. The van der Waals surface area contributed by atoms with Crippen LogP contribution in [0.5, 0.6) is 0 Å². The summed E-state index contributed by atoms with van der Waals surface area (Å²) in [7, 11) is 0. The fraction of sp³-hybridized carbons (Fsp3) is 0.615. The molecule has 0 aromatic carbocycles. The SMILES string of the molecule is Cc1ncc(Cc2noc(C3CCC(C(F)(F)F)C3)n2)o1. The molecule has 0 N–H and O–H groups in total. The third-order valence-corrected chi connectivity index (χ3v) is 3.73. The highest BCUT2D eigenvalue weighted by Crippen LogP contribution is 2.45. The van der Waals surface area contributed by atoms with E-state index in [0.29, 0.717) is 30.3 Å². The second-order valence-corrected chi connectivity index (χ2v) is 5.32. The minimum Gasteiger partial charge on any atom is -0.446 e. The minimum absolute atomic E-state index is 0.0204. The van der Waals surface area contributed by atoms with Crippen LogP contribution in [0.15, 0.2) is 15.1 Å². The van der Waals surface area contributed by atoms with Crippen LogP contribution in [0.3, 0.4) is 0 Å². The summed E-state index contributed by atoms with van der Waals surface area (Å²) in [6.07, 6.45) is -1.69. The monoisotopic (exact) mass is 301 g/mol. The highest BCUT2D eigenvalue weighted by molar-refractivity contribution is 5.05. The van der Waals surface area contributed by atoms with Gasteiger partial charge in [-0.2, -0.15) is 18.2 Å². The summed E-state index contributed by atoms with van der Waals surface area (Å²) < 4.78 is 48.4. The van der Waals surface area contributed by atoms with Crippen molar-refractivity contribution in [2.75, 3.05) is 0 Å². The van der Waals surface area contributed by atoms with Crippen LogP contribution in [0.25, 0.3) is 0 Å². The first kappa shape index (κ1) is 14.1. The van der Waals surface area contributed by atoms with Crippen molar-refractivity contribution in [3.05, 3.63) is 29.6 Å². The standard InChI is InChI=1S/C13H14F3N3O2/c1-7-17-6-10(20-7)5-11-18-12(21-19-11)8-2-3-9(4-8)13(14,15)16/h6,8-9H,2-5H2,1H3. The van der Waals surface area contributed by atoms with E-state index >= 15 is 0 Å². The van der Waals surface area contributed by atoms with Gasteiger partial charge in [-0.1, -0.05) is 5.16 Å². The molecule has 5 nitrogen and oxygen atoms in total. The van der Waals surface area contributed by atoms with E-state index in [0.717, 1.165) is 0 Å². The number of hydrogen-bond donors (Lipinski definition) is 0. The first-order valence-electron chi connectivity index (χ1n) is 6.72. The number of oxazole rings is 1. The first-order valence-corrected chi connectivity index (χ1v) is 6.72. The van der Waals surface area contributed by atoms with E-state index in [-0.39, 0.29) is 24.7 Å². The van der Waals surface area contributed by atoms with E-state index in [1.165, 1.54) is 0 Å². The topological polar surface area (TPSA) is 65.0 Å². The van der Waals surface area contributed by atoms with E-state index < -0.39 is 12.1 Å². The molecule has 0 bridgehead atoms. The molecule has 3 rings (SSSR count). The predicted molar refractivity (Wildman–Crippen MR) is 64.5 cm³/mol. The summed E-state index contributed by atoms with van der Waals surface area (Å²) in [6.45, 7) is 1.72. The molecule has 0 spiro atoms. The van der Waals surface area contributed by atoms with Gasteiger partial charge in [0.05, 0.1) is 18.5 Å². The first-order chi connectivity index (χ1) is 9.91. The van der Waals surface area contributed by atoms with E-state index in [9.17, 15) is 13.2 Å². The van der Waals surface area contributed by atoms with Gasteiger partial charge in [0.25, 0.3) is 0 Å².